The zero-order valence-corrected chi connectivity index (χ0v) is 14.1. The molecule has 1 atom stereocenters. The third kappa shape index (κ3) is 2.78. The molecule has 1 spiro atoms. The minimum absolute atomic E-state index is 0.0116. The van der Waals surface area contributed by atoms with Gasteiger partial charge in [-0.25, -0.2) is 0 Å². The van der Waals surface area contributed by atoms with Crippen molar-refractivity contribution in [1.29, 1.82) is 0 Å². The van der Waals surface area contributed by atoms with E-state index in [4.69, 9.17) is 4.74 Å². The Morgan fingerprint density at radius 1 is 1.45 bits per heavy atom. The highest BCUT2D eigenvalue weighted by Gasteiger charge is 2.59. The highest BCUT2D eigenvalue weighted by atomic mass is 16.5. The first-order valence-corrected chi connectivity index (χ1v) is 8.30. The fourth-order valence-electron chi connectivity index (χ4n) is 3.71. The van der Waals surface area contributed by atoms with Gasteiger partial charge < -0.3 is 4.74 Å². The molecule has 5 heteroatoms. The smallest absolute Gasteiger partial charge is 0.309 e. The summed E-state index contributed by atoms with van der Waals surface area (Å²) in [6, 6.07) is 0.407. The number of hydrogen-bond acceptors (Lipinski definition) is 4. The number of aromatic nitrogens is 2. The minimum atomic E-state index is -0.0116. The summed E-state index contributed by atoms with van der Waals surface area (Å²) in [7, 11) is 1.50. The molecule has 0 amide bonds. The van der Waals surface area contributed by atoms with Gasteiger partial charge in [0.25, 0.3) is 0 Å². The second-order valence-corrected chi connectivity index (χ2v) is 7.23. The van der Waals surface area contributed by atoms with E-state index in [0.717, 1.165) is 44.6 Å². The minimum Gasteiger partial charge on any atom is -0.469 e. The third-order valence-electron chi connectivity index (χ3n) is 5.47. The summed E-state index contributed by atoms with van der Waals surface area (Å²) in [6.45, 7) is 9.51. The lowest BCUT2D eigenvalue weighted by Crippen LogP contribution is -2.35. The maximum absolute atomic E-state index is 11.7. The number of likely N-dealkylation sites (tertiary alicyclic amines) is 1. The van der Waals surface area contributed by atoms with Gasteiger partial charge in [-0.1, -0.05) is 0 Å². The molecule has 5 nitrogen and oxygen atoms in total. The second kappa shape index (κ2) is 5.69. The van der Waals surface area contributed by atoms with E-state index in [9.17, 15) is 4.79 Å². The molecule has 1 saturated heterocycles. The molecule has 1 aromatic heterocycles. The first-order chi connectivity index (χ1) is 10.4. The van der Waals surface area contributed by atoms with Gasteiger partial charge in [-0.15, -0.1) is 0 Å². The van der Waals surface area contributed by atoms with Gasteiger partial charge in [-0.2, -0.15) is 5.10 Å². The monoisotopic (exact) mass is 305 g/mol. The van der Waals surface area contributed by atoms with Gasteiger partial charge in [0.1, 0.15) is 0 Å². The highest BCUT2D eigenvalue weighted by Crippen LogP contribution is 2.59. The molecule has 2 heterocycles. The molecule has 2 aliphatic rings. The van der Waals surface area contributed by atoms with Crippen LogP contribution in [-0.4, -0.2) is 40.8 Å². The maximum atomic E-state index is 11.7. The molecule has 0 aromatic carbocycles. The summed E-state index contributed by atoms with van der Waals surface area (Å²) in [6.07, 6.45) is 5.44. The summed E-state index contributed by atoms with van der Waals surface area (Å²) in [5, 5.41) is 4.59. The number of carbonyl (C=O) groups is 1. The Hall–Kier alpha value is -1.36. The predicted molar refractivity (Wildman–Crippen MR) is 84.4 cm³/mol. The van der Waals surface area contributed by atoms with Crippen molar-refractivity contribution in [2.45, 2.75) is 52.6 Å². The van der Waals surface area contributed by atoms with Gasteiger partial charge in [0.15, 0.2) is 0 Å². The Kier molecular flexibility index (Phi) is 4.02. The number of esters is 1. The molecule has 1 aliphatic heterocycles. The fourth-order valence-corrected chi connectivity index (χ4v) is 3.71. The van der Waals surface area contributed by atoms with Crippen molar-refractivity contribution in [3.63, 3.8) is 0 Å². The van der Waals surface area contributed by atoms with Crippen LogP contribution in [0.25, 0.3) is 0 Å². The van der Waals surface area contributed by atoms with Crippen LogP contribution < -0.4 is 0 Å². The lowest BCUT2D eigenvalue weighted by molar-refractivity contribution is -0.143. The number of aryl methyl sites for hydroxylation is 1. The van der Waals surface area contributed by atoms with E-state index in [-0.39, 0.29) is 17.3 Å². The summed E-state index contributed by atoms with van der Waals surface area (Å²) in [5.74, 6) is 0.146. The van der Waals surface area contributed by atoms with E-state index in [1.807, 2.05) is 4.68 Å². The molecule has 0 radical (unpaired) electrons. The SMILES string of the molecule is COC(=O)C1CC12CCN(Cc1cn(C(C)C)nc1C)CC2. The van der Waals surface area contributed by atoms with Crippen molar-refractivity contribution < 1.29 is 9.53 Å². The van der Waals surface area contributed by atoms with Crippen molar-refractivity contribution >= 4 is 5.97 Å². The Morgan fingerprint density at radius 2 is 2.14 bits per heavy atom. The number of rotatable bonds is 4. The number of hydrogen-bond donors (Lipinski definition) is 0. The van der Waals surface area contributed by atoms with Crippen LogP contribution in [0.1, 0.15) is 50.4 Å². The average Bonchev–Trinajstić information content (AvgIpc) is 3.08. The topological polar surface area (TPSA) is 47.4 Å². The van der Waals surface area contributed by atoms with Crippen LogP contribution in [-0.2, 0) is 16.1 Å². The van der Waals surface area contributed by atoms with Gasteiger partial charge in [-0.3, -0.25) is 14.4 Å². The number of ether oxygens (including phenoxy) is 1. The number of piperidine rings is 1. The molecule has 3 rings (SSSR count). The molecule has 1 saturated carbocycles. The van der Waals surface area contributed by atoms with E-state index in [0.29, 0.717) is 6.04 Å². The van der Waals surface area contributed by atoms with E-state index in [1.165, 1.54) is 12.7 Å². The van der Waals surface area contributed by atoms with Crippen molar-refractivity contribution in [3.05, 3.63) is 17.5 Å². The largest absolute Gasteiger partial charge is 0.469 e. The molecule has 1 unspecified atom stereocenters. The van der Waals surface area contributed by atoms with E-state index >= 15 is 0 Å². The van der Waals surface area contributed by atoms with E-state index in [2.05, 4.69) is 37.0 Å². The Balaban J connectivity index is 1.56. The first-order valence-electron chi connectivity index (χ1n) is 8.30. The van der Waals surface area contributed by atoms with Crippen molar-refractivity contribution in [1.82, 2.24) is 14.7 Å². The Labute approximate surface area is 132 Å². The van der Waals surface area contributed by atoms with Crippen LogP contribution >= 0.6 is 0 Å². The molecule has 122 valence electrons. The molecular formula is C17H27N3O2. The van der Waals surface area contributed by atoms with Crippen LogP contribution in [0.4, 0.5) is 0 Å². The lowest BCUT2D eigenvalue weighted by atomic mass is 9.90. The Bertz CT molecular complexity index is 556. The lowest BCUT2D eigenvalue weighted by Gasteiger charge is -2.32. The van der Waals surface area contributed by atoms with Gasteiger partial charge >= 0.3 is 5.97 Å². The van der Waals surface area contributed by atoms with Crippen molar-refractivity contribution in [2.24, 2.45) is 11.3 Å². The summed E-state index contributed by atoms with van der Waals surface area (Å²) < 4.78 is 6.95. The van der Waals surface area contributed by atoms with E-state index < -0.39 is 0 Å². The molecule has 1 aromatic rings. The molecule has 0 bridgehead atoms. The van der Waals surface area contributed by atoms with Crippen LogP contribution in [0.3, 0.4) is 0 Å². The van der Waals surface area contributed by atoms with E-state index in [1.54, 1.807) is 0 Å². The summed E-state index contributed by atoms with van der Waals surface area (Å²) >= 11 is 0. The molecular weight excluding hydrogens is 278 g/mol. The Morgan fingerprint density at radius 3 is 2.68 bits per heavy atom. The predicted octanol–water partition coefficient (Wildman–Crippen LogP) is 2.55. The zero-order valence-electron chi connectivity index (χ0n) is 14.1. The van der Waals surface area contributed by atoms with Crippen LogP contribution in [0.5, 0.6) is 0 Å². The first kappa shape index (κ1) is 15.5. The van der Waals surface area contributed by atoms with Gasteiger partial charge in [-0.05, 0) is 58.5 Å². The molecule has 0 N–H and O–H groups in total. The quantitative estimate of drug-likeness (QED) is 0.802. The fraction of sp³-hybridized carbons (Fsp3) is 0.765. The highest BCUT2D eigenvalue weighted by molar-refractivity contribution is 5.76. The van der Waals surface area contributed by atoms with Crippen LogP contribution in [0.2, 0.25) is 0 Å². The molecule has 22 heavy (non-hydrogen) atoms. The van der Waals surface area contributed by atoms with Gasteiger partial charge in [0.05, 0.1) is 18.7 Å². The zero-order chi connectivity index (χ0) is 15.9. The third-order valence-corrected chi connectivity index (χ3v) is 5.47. The van der Waals surface area contributed by atoms with Crippen molar-refractivity contribution in [3.8, 4) is 0 Å². The summed E-state index contributed by atoms with van der Waals surface area (Å²) in [5.41, 5.74) is 2.71. The molecule has 2 fully saturated rings. The number of methoxy groups -OCH3 is 1. The standard InChI is InChI=1S/C17H27N3O2/c1-12(2)20-11-14(13(3)18-20)10-19-7-5-17(6-8-19)9-15(17)16(21)22-4/h11-12,15H,5-10H2,1-4H3. The van der Waals surface area contributed by atoms with Crippen LogP contribution in [0.15, 0.2) is 6.20 Å². The van der Waals surface area contributed by atoms with Gasteiger partial charge in [0.2, 0.25) is 0 Å². The van der Waals surface area contributed by atoms with Crippen LogP contribution in [0, 0.1) is 18.3 Å². The van der Waals surface area contributed by atoms with Gasteiger partial charge in [0, 0.05) is 24.3 Å². The maximum Gasteiger partial charge on any atom is 0.309 e. The number of nitrogens with zero attached hydrogens (tertiary/aromatic N) is 3. The average molecular weight is 305 g/mol. The van der Waals surface area contributed by atoms with Crippen molar-refractivity contribution in [2.75, 3.05) is 20.2 Å². The number of carbonyl (C=O) groups excluding carboxylic acids is 1. The summed E-state index contributed by atoms with van der Waals surface area (Å²) in [4.78, 5) is 14.2. The normalized spacial score (nSPS) is 24.0. The molecule has 1 aliphatic carbocycles. The second-order valence-electron chi connectivity index (χ2n) is 7.23.